The fourth-order valence-corrected chi connectivity index (χ4v) is 7.69. The molecule has 2 heterocycles. The second kappa shape index (κ2) is 11.5. The Morgan fingerprint density at radius 2 is 1.24 bits per heavy atom. The maximum Gasteiger partial charge on any atom is 0.0998 e. The SMILES string of the molecule is N#Cc1ccc(-c2ccc(-n3c4c(c5ccccc53)CC(C#N)C=C4)cc2)cc1-c1ccccc1-n1c2ccccc2c2c(C#N)cccc21. The smallest absolute Gasteiger partial charge is 0.0998 e. The van der Waals surface area contributed by atoms with Crippen LogP contribution in [0.2, 0.25) is 0 Å². The van der Waals surface area contributed by atoms with Gasteiger partial charge in [0.1, 0.15) is 0 Å². The van der Waals surface area contributed by atoms with Gasteiger partial charge in [0.15, 0.2) is 0 Å². The predicted molar refractivity (Wildman–Crippen MR) is 200 cm³/mol. The largest absolute Gasteiger partial charge is 0.310 e. The molecule has 0 saturated carbocycles. The van der Waals surface area contributed by atoms with Crippen LogP contribution in [0, 0.1) is 39.9 Å². The standard InChI is InChI=1S/C45H27N5/c46-26-29-16-23-43-39(24-29)36-10-2-4-12-40(36)49(43)34-21-19-30(20-22-34)31-17-18-32(27-47)38(25-31)35-9-1-5-13-41(35)50-42-14-6-3-11-37(42)45-33(28-48)8-7-15-44(45)50/h1-23,25,29H,24H2. The fourth-order valence-electron chi connectivity index (χ4n) is 7.69. The lowest BCUT2D eigenvalue weighted by Crippen LogP contribution is -2.06. The summed E-state index contributed by atoms with van der Waals surface area (Å²) in [6, 6.07) is 52.4. The normalized spacial score (nSPS) is 13.6. The number of rotatable bonds is 4. The van der Waals surface area contributed by atoms with Gasteiger partial charge >= 0.3 is 0 Å². The zero-order chi connectivity index (χ0) is 33.8. The number of hydrogen-bond donors (Lipinski definition) is 0. The van der Waals surface area contributed by atoms with E-state index in [1.54, 1.807) is 0 Å². The molecule has 0 N–H and O–H groups in total. The van der Waals surface area contributed by atoms with Crippen LogP contribution in [0.25, 0.3) is 72.4 Å². The van der Waals surface area contributed by atoms with Crippen LogP contribution in [0.5, 0.6) is 0 Å². The van der Waals surface area contributed by atoms with Gasteiger partial charge in [0, 0.05) is 38.7 Å². The van der Waals surface area contributed by atoms with E-state index in [1.165, 1.54) is 10.9 Å². The number of aromatic nitrogens is 2. The van der Waals surface area contributed by atoms with Crippen molar-refractivity contribution in [1.29, 1.82) is 15.8 Å². The quantitative estimate of drug-likeness (QED) is 0.193. The summed E-state index contributed by atoms with van der Waals surface area (Å²) in [7, 11) is 0. The van der Waals surface area contributed by atoms with E-state index in [1.807, 2.05) is 54.6 Å². The lowest BCUT2D eigenvalue weighted by atomic mass is 9.93. The van der Waals surface area contributed by atoms with Gasteiger partial charge in [0.2, 0.25) is 0 Å². The van der Waals surface area contributed by atoms with Crippen molar-refractivity contribution in [3.05, 3.63) is 162 Å². The summed E-state index contributed by atoms with van der Waals surface area (Å²) in [6.07, 6.45) is 4.80. The van der Waals surface area contributed by atoms with E-state index in [4.69, 9.17) is 0 Å². The Bertz CT molecular complexity index is 2830. The van der Waals surface area contributed by atoms with E-state index in [0.29, 0.717) is 17.5 Å². The zero-order valence-corrected chi connectivity index (χ0v) is 26.9. The molecule has 1 atom stereocenters. The minimum absolute atomic E-state index is 0.121. The van der Waals surface area contributed by atoms with Gasteiger partial charge in [-0.1, -0.05) is 84.9 Å². The Hall–Kier alpha value is -7.13. The highest BCUT2D eigenvalue weighted by molar-refractivity contribution is 6.12. The lowest BCUT2D eigenvalue weighted by Gasteiger charge is -2.16. The first-order valence-corrected chi connectivity index (χ1v) is 16.6. The summed E-state index contributed by atoms with van der Waals surface area (Å²) in [6.45, 7) is 0. The first-order chi connectivity index (χ1) is 24.7. The Morgan fingerprint density at radius 1 is 0.560 bits per heavy atom. The molecule has 0 radical (unpaired) electrons. The molecule has 5 nitrogen and oxygen atoms in total. The first-order valence-electron chi connectivity index (χ1n) is 16.6. The summed E-state index contributed by atoms with van der Waals surface area (Å²) >= 11 is 0. The van der Waals surface area contributed by atoms with Crippen molar-refractivity contribution in [2.45, 2.75) is 6.42 Å². The molecule has 0 bridgehead atoms. The molecule has 8 aromatic rings. The van der Waals surface area contributed by atoms with Crippen molar-refractivity contribution in [2.75, 3.05) is 0 Å². The molecule has 1 aliphatic carbocycles. The van der Waals surface area contributed by atoms with E-state index >= 15 is 0 Å². The molecule has 1 unspecified atom stereocenters. The molecule has 0 saturated heterocycles. The van der Waals surface area contributed by atoms with Crippen LogP contribution in [0.4, 0.5) is 0 Å². The second-order valence-electron chi connectivity index (χ2n) is 12.6. The zero-order valence-electron chi connectivity index (χ0n) is 26.9. The monoisotopic (exact) mass is 637 g/mol. The number of allylic oxidation sites excluding steroid dienone is 1. The van der Waals surface area contributed by atoms with E-state index in [2.05, 4.69) is 118 Å². The van der Waals surface area contributed by atoms with E-state index in [-0.39, 0.29) is 5.92 Å². The van der Waals surface area contributed by atoms with Crippen LogP contribution < -0.4 is 0 Å². The number of fused-ring (bicyclic) bond motifs is 6. The van der Waals surface area contributed by atoms with Crippen LogP contribution in [0.1, 0.15) is 22.4 Å². The number of benzene rings is 6. The van der Waals surface area contributed by atoms with Gasteiger partial charge in [0.25, 0.3) is 0 Å². The van der Waals surface area contributed by atoms with E-state index in [0.717, 1.165) is 66.6 Å². The van der Waals surface area contributed by atoms with Crippen LogP contribution in [-0.2, 0) is 6.42 Å². The van der Waals surface area contributed by atoms with Crippen molar-refractivity contribution < 1.29 is 0 Å². The van der Waals surface area contributed by atoms with Crippen LogP contribution >= 0.6 is 0 Å². The summed E-state index contributed by atoms with van der Waals surface area (Å²) in [4.78, 5) is 0. The van der Waals surface area contributed by atoms with Crippen LogP contribution in [-0.4, -0.2) is 9.13 Å². The molecule has 232 valence electrons. The third-order valence-electron chi connectivity index (χ3n) is 9.95. The van der Waals surface area contributed by atoms with Crippen molar-refractivity contribution in [3.8, 4) is 51.8 Å². The van der Waals surface area contributed by atoms with Gasteiger partial charge in [-0.2, -0.15) is 15.8 Å². The molecule has 5 heteroatoms. The molecule has 0 amide bonds. The van der Waals surface area contributed by atoms with Crippen molar-refractivity contribution in [3.63, 3.8) is 0 Å². The van der Waals surface area contributed by atoms with Gasteiger partial charge in [-0.15, -0.1) is 0 Å². The number of nitriles is 3. The third-order valence-corrected chi connectivity index (χ3v) is 9.95. The number of para-hydroxylation sites is 3. The van der Waals surface area contributed by atoms with Crippen LogP contribution in [0.3, 0.4) is 0 Å². The molecule has 0 fully saturated rings. The Balaban J connectivity index is 1.17. The summed E-state index contributed by atoms with van der Waals surface area (Å²) in [5.74, 6) is -0.121. The lowest BCUT2D eigenvalue weighted by molar-refractivity contribution is 0.809. The molecular weight excluding hydrogens is 611 g/mol. The van der Waals surface area contributed by atoms with Crippen molar-refractivity contribution >= 4 is 38.8 Å². The highest BCUT2D eigenvalue weighted by atomic mass is 15.0. The van der Waals surface area contributed by atoms with Gasteiger partial charge in [-0.3, -0.25) is 0 Å². The molecular formula is C45H27N5. The fraction of sp³-hybridized carbons (Fsp3) is 0.0444. The van der Waals surface area contributed by atoms with E-state index < -0.39 is 0 Å². The van der Waals surface area contributed by atoms with E-state index in [9.17, 15) is 15.8 Å². The van der Waals surface area contributed by atoms with Crippen LogP contribution in [0.15, 0.2) is 140 Å². The molecule has 0 spiro atoms. The Morgan fingerprint density at radius 3 is 2.02 bits per heavy atom. The molecule has 2 aromatic heterocycles. The third kappa shape index (κ3) is 4.37. The van der Waals surface area contributed by atoms with Gasteiger partial charge < -0.3 is 9.13 Å². The van der Waals surface area contributed by atoms with Crippen molar-refractivity contribution in [2.24, 2.45) is 5.92 Å². The van der Waals surface area contributed by atoms with Gasteiger partial charge in [-0.05, 0) is 83.8 Å². The van der Waals surface area contributed by atoms with Gasteiger partial charge in [-0.25, -0.2) is 0 Å². The molecule has 50 heavy (non-hydrogen) atoms. The topological polar surface area (TPSA) is 81.2 Å². The summed E-state index contributed by atoms with van der Waals surface area (Å²) in [5.41, 5.74) is 12.4. The number of hydrogen-bond acceptors (Lipinski definition) is 3. The average molecular weight is 638 g/mol. The molecule has 9 rings (SSSR count). The maximum absolute atomic E-state index is 10.3. The second-order valence-corrected chi connectivity index (χ2v) is 12.6. The van der Waals surface area contributed by atoms with Crippen molar-refractivity contribution in [1.82, 2.24) is 9.13 Å². The highest BCUT2D eigenvalue weighted by Crippen LogP contribution is 2.40. The molecule has 1 aliphatic rings. The predicted octanol–water partition coefficient (Wildman–Crippen LogP) is 10.5. The Kier molecular flexibility index (Phi) is 6.70. The number of nitrogens with zero attached hydrogens (tertiary/aromatic N) is 5. The highest BCUT2D eigenvalue weighted by Gasteiger charge is 2.23. The minimum atomic E-state index is -0.121. The molecule has 6 aromatic carbocycles. The molecule has 0 aliphatic heterocycles. The Labute approximate surface area is 289 Å². The summed E-state index contributed by atoms with van der Waals surface area (Å²) < 4.78 is 4.49. The first kappa shape index (κ1) is 29.0. The average Bonchev–Trinajstić information content (AvgIpc) is 3.70. The van der Waals surface area contributed by atoms with Gasteiger partial charge in [0.05, 0.1) is 57.5 Å². The minimum Gasteiger partial charge on any atom is -0.310 e. The summed E-state index contributed by atoms with van der Waals surface area (Å²) in [5, 5.41) is 33.0. The maximum atomic E-state index is 10.3.